The lowest BCUT2D eigenvalue weighted by atomic mass is 10.1. The Balaban J connectivity index is 2.05. The van der Waals surface area contributed by atoms with Crippen LogP contribution in [0.2, 0.25) is 0 Å². The van der Waals surface area contributed by atoms with E-state index in [4.69, 9.17) is 4.74 Å². The van der Waals surface area contributed by atoms with Crippen molar-refractivity contribution in [3.63, 3.8) is 0 Å². The molecule has 0 aliphatic carbocycles. The molecular formula is C24H28FN3O3. The van der Waals surface area contributed by atoms with Crippen molar-refractivity contribution in [2.24, 2.45) is 0 Å². The first kappa shape index (κ1) is 23.9. The number of nitrogens with zero attached hydrogens (tertiary/aromatic N) is 3. The average molecular weight is 426 g/mol. The van der Waals surface area contributed by atoms with Gasteiger partial charge in [-0.05, 0) is 62.6 Å². The van der Waals surface area contributed by atoms with Crippen molar-refractivity contribution in [1.29, 1.82) is 5.26 Å². The number of hydrogen-bond acceptors (Lipinski definition) is 4. The molecule has 31 heavy (non-hydrogen) atoms. The minimum absolute atomic E-state index is 0.169. The number of nitriles is 1. The van der Waals surface area contributed by atoms with Crippen LogP contribution in [0.1, 0.15) is 42.8 Å². The molecule has 0 saturated heterocycles. The van der Waals surface area contributed by atoms with Gasteiger partial charge in [0.05, 0.1) is 0 Å². The second-order valence-electron chi connectivity index (χ2n) is 7.26. The fourth-order valence-electron chi connectivity index (χ4n) is 3.36. The molecule has 6 nitrogen and oxygen atoms in total. The number of ether oxygens (including phenoxy) is 1. The number of carbonyl (C=O) groups excluding carboxylic acids is 2. The summed E-state index contributed by atoms with van der Waals surface area (Å²) in [6, 6.07) is 9.76. The number of carbonyl (C=O) groups is 2. The number of amides is 1. The smallest absolute Gasteiger partial charge is 0.349 e. The number of benzene rings is 1. The first-order valence-electron chi connectivity index (χ1n) is 10.3. The van der Waals surface area contributed by atoms with Crippen molar-refractivity contribution < 1.29 is 18.7 Å². The van der Waals surface area contributed by atoms with Crippen molar-refractivity contribution in [2.75, 3.05) is 13.2 Å². The molecule has 0 bridgehead atoms. The van der Waals surface area contributed by atoms with Crippen molar-refractivity contribution in [2.45, 2.75) is 47.2 Å². The Morgan fingerprint density at radius 2 is 2.00 bits per heavy atom. The number of halogens is 1. The van der Waals surface area contributed by atoms with Crippen LogP contribution in [-0.4, -0.2) is 34.5 Å². The topological polar surface area (TPSA) is 75.3 Å². The van der Waals surface area contributed by atoms with Crippen LogP contribution in [0.25, 0.3) is 6.08 Å². The van der Waals surface area contributed by atoms with Crippen LogP contribution in [-0.2, 0) is 27.4 Å². The summed E-state index contributed by atoms with van der Waals surface area (Å²) in [6.45, 7) is 8.71. The first-order valence-corrected chi connectivity index (χ1v) is 10.3. The van der Waals surface area contributed by atoms with E-state index in [1.54, 1.807) is 19.1 Å². The molecule has 0 aliphatic heterocycles. The minimum atomic E-state index is -0.849. The lowest BCUT2D eigenvalue weighted by Gasteiger charge is -2.20. The predicted molar refractivity (Wildman–Crippen MR) is 116 cm³/mol. The number of rotatable bonds is 9. The number of aromatic nitrogens is 1. The molecule has 0 atom stereocenters. The molecule has 1 heterocycles. The number of esters is 1. The van der Waals surface area contributed by atoms with Crippen LogP contribution in [0.4, 0.5) is 4.39 Å². The largest absolute Gasteiger partial charge is 0.451 e. The summed E-state index contributed by atoms with van der Waals surface area (Å²) in [6.07, 6.45) is 2.46. The van der Waals surface area contributed by atoms with Gasteiger partial charge >= 0.3 is 5.97 Å². The molecule has 0 fully saturated rings. The van der Waals surface area contributed by atoms with Crippen LogP contribution >= 0.6 is 0 Å². The highest BCUT2D eigenvalue weighted by Gasteiger charge is 2.18. The maximum Gasteiger partial charge on any atom is 0.349 e. The van der Waals surface area contributed by atoms with E-state index in [2.05, 4.69) is 11.5 Å². The molecule has 1 aromatic carbocycles. The lowest BCUT2D eigenvalue weighted by Crippen LogP contribution is -2.34. The maximum atomic E-state index is 13.4. The molecule has 0 saturated carbocycles. The summed E-state index contributed by atoms with van der Waals surface area (Å²) in [5.41, 5.74) is 3.25. The third-order valence-corrected chi connectivity index (χ3v) is 5.02. The zero-order chi connectivity index (χ0) is 23.0. The zero-order valence-electron chi connectivity index (χ0n) is 18.4. The molecule has 0 aliphatic rings. The molecule has 0 unspecified atom stereocenters. The van der Waals surface area contributed by atoms with E-state index in [0.717, 1.165) is 29.9 Å². The number of likely N-dealkylation sites (N-methyl/N-ethyl adjacent to an activating group) is 1. The third-order valence-electron chi connectivity index (χ3n) is 5.02. The minimum Gasteiger partial charge on any atom is -0.451 e. The highest BCUT2D eigenvalue weighted by molar-refractivity contribution is 5.99. The van der Waals surface area contributed by atoms with Gasteiger partial charge in [-0.25, -0.2) is 9.18 Å². The summed E-state index contributed by atoms with van der Waals surface area (Å²) in [4.78, 5) is 26.3. The Hall–Kier alpha value is -3.40. The fraction of sp³-hybridized carbons (Fsp3) is 0.375. The van der Waals surface area contributed by atoms with Gasteiger partial charge in [-0.2, -0.15) is 5.26 Å². The third kappa shape index (κ3) is 6.29. The molecule has 1 amide bonds. The van der Waals surface area contributed by atoms with E-state index in [1.807, 2.05) is 26.0 Å². The first-order chi connectivity index (χ1) is 14.8. The molecule has 1 aromatic heterocycles. The van der Waals surface area contributed by atoms with Gasteiger partial charge < -0.3 is 14.2 Å². The van der Waals surface area contributed by atoms with E-state index < -0.39 is 18.5 Å². The van der Waals surface area contributed by atoms with Gasteiger partial charge in [0.15, 0.2) is 6.61 Å². The fourth-order valence-corrected chi connectivity index (χ4v) is 3.36. The summed E-state index contributed by atoms with van der Waals surface area (Å²) < 4.78 is 20.6. The summed E-state index contributed by atoms with van der Waals surface area (Å²) in [5, 5.41) is 9.41. The molecule has 0 N–H and O–H groups in total. The van der Waals surface area contributed by atoms with Gasteiger partial charge in [0.1, 0.15) is 17.5 Å². The Bertz CT molecular complexity index is 1020. The second-order valence-corrected chi connectivity index (χ2v) is 7.26. The van der Waals surface area contributed by atoms with Crippen molar-refractivity contribution in [3.05, 3.63) is 64.2 Å². The van der Waals surface area contributed by atoms with E-state index in [9.17, 15) is 19.2 Å². The summed E-state index contributed by atoms with van der Waals surface area (Å²) in [5.74, 6) is -1.65. The van der Waals surface area contributed by atoms with E-state index in [0.29, 0.717) is 12.1 Å². The SMILES string of the molecule is CCCn1c(C)cc(/C=C(\C#N)C(=O)OCC(=O)N(CC)Cc2cccc(F)c2)c1C. The van der Waals surface area contributed by atoms with Gasteiger partial charge in [0, 0.05) is 31.0 Å². The Morgan fingerprint density at radius 3 is 2.61 bits per heavy atom. The Morgan fingerprint density at radius 1 is 1.26 bits per heavy atom. The monoisotopic (exact) mass is 425 g/mol. The molecule has 2 aromatic rings. The van der Waals surface area contributed by atoms with E-state index in [-0.39, 0.29) is 17.9 Å². The van der Waals surface area contributed by atoms with Crippen molar-refractivity contribution >= 4 is 18.0 Å². The molecular weight excluding hydrogens is 397 g/mol. The van der Waals surface area contributed by atoms with Crippen LogP contribution in [0.3, 0.4) is 0 Å². The van der Waals surface area contributed by atoms with Gasteiger partial charge in [-0.1, -0.05) is 19.1 Å². The second kappa shape index (κ2) is 11.1. The standard InChI is InChI=1S/C24H28FN3O3/c1-5-10-28-17(3)11-20(18(28)4)13-21(14-26)24(30)31-16-23(29)27(6-2)15-19-8-7-9-22(25)12-19/h7-9,11-13H,5-6,10,15-16H2,1-4H3/b21-13+. The maximum absolute atomic E-state index is 13.4. The molecule has 164 valence electrons. The molecule has 0 spiro atoms. The van der Waals surface area contributed by atoms with Crippen LogP contribution in [0.5, 0.6) is 0 Å². The van der Waals surface area contributed by atoms with Gasteiger partial charge in [-0.3, -0.25) is 4.79 Å². The Kier molecular flexibility index (Phi) is 8.56. The van der Waals surface area contributed by atoms with Gasteiger partial charge in [-0.15, -0.1) is 0 Å². The van der Waals surface area contributed by atoms with Crippen molar-refractivity contribution in [3.8, 4) is 6.07 Å². The van der Waals surface area contributed by atoms with E-state index in [1.165, 1.54) is 23.1 Å². The number of aryl methyl sites for hydroxylation is 1. The zero-order valence-corrected chi connectivity index (χ0v) is 18.4. The quantitative estimate of drug-likeness (QED) is 0.344. The summed E-state index contributed by atoms with van der Waals surface area (Å²) in [7, 11) is 0. The van der Waals surface area contributed by atoms with Crippen LogP contribution in [0.15, 0.2) is 35.9 Å². The lowest BCUT2D eigenvalue weighted by molar-refractivity contribution is -0.148. The number of hydrogen-bond donors (Lipinski definition) is 0. The summed E-state index contributed by atoms with van der Waals surface area (Å²) >= 11 is 0. The highest BCUT2D eigenvalue weighted by atomic mass is 19.1. The predicted octanol–water partition coefficient (Wildman–Crippen LogP) is 4.15. The van der Waals surface area contributed by atoms with Gasteiger partial charge in [0.25, 0.3) is 5.91 Å². The Labute approximate surface area is 182 Å². The van der Waals surface area contributed by atoms with Gasteiger partial charge in [0.2, 0.25) is 0 Å². The average Bonchev–Trinajstić information content (AvgIpc) is 3.01. The normalized spacial score (nSPS) is 11.2. The molecule has 0 radical (unpaired) electrons. The molecule has 2 rings (SSSR count). The van der Waals surface area contributed by atoms with Crippen molar-refractivity contribution in [1.82, 2.24) is 9.47 Å². The van der Waals surface area contributed by atoms with Crippen LogP contribution in [0, 0.1) is 31.0 Å². The molecule has 7 heteroatoms. The van der Waals surface area contributed by atoms with Crippen LogP contribution < -0.4 is 0 Å². The highest BCUT2D eigenvalue weighted by Crippen LogP contribution is 2.19. The van der Waals surface area contributed by atoms with E-state index >= 15 is 0 Å².